The Balaban J connectivity index is 1.62. The Labute approximate surface area is 417 Å². The second-order valence-electron chi connectivity index (χ2n) is 19.1. The molecule has 0 spiro atoms. The number of hydrogen-bond acceptors (Lipinski definition) is 13. The van der Waals surface area contributed by atoms with E-state index in [0.717, 1.165) is 35.5 Å². The number of nitrogens with one attached hydrogen (secondary N) is 3. The first-order chi connectivity index (χ1) is 33.3. The molecule has 0 aromatic heterocycles. The quantitative estimate of drug-likeness (QED) is 0.0455. The fourth-order valence-corrected chi connectivity index (χ4v) is 9.16. The van der Waals surface area contributed by atoms with Crippen molar-refractivity contribution in [2.24, 2.45) is 11.1 Å². The highest BCUT2D eigenvalue weighted by Crippen LogP contribution is 2.40. The van der Waals surface area contributed by atoms with Crippen LogP contribution in [0.25, 0.3) is 5.57 Å². The zero-order valence-electron chi connectivity index (χ0n) is 41.7. The van der Waals surface area contributed by atoms with Crippen LogP contribution in [-0.2, 0) is 49.4 Å². The summed E-state index contributed by atoms with van der Waals surface area (Å²) in [4.78, 5) is 67.2. The maximum Gasteiger partial charge on any atom is 0.407 e. The Hall–Kier alpha value is -4.64. The smallest absolute Gasteiger partial charge is 0.407 e. The van der Waals surface area contributed by atoms with Crippen molar-refractivity contribution < 1.29 is 61.5 Å². The molecule has 0 fully saturated rings. The van der Waals surface area contributed by atoms with Gasteiger partial charge in [-0.15, -0.1) is 11.8 Å². The van der Waals surface area contributed by atoms with Crippen LogP contribution in [0.4, 0.5) is 13.6 Å². The SMILES string of the molecule is CC(C)(C)[C@H](C1CC(c2cc(F)ccc2F)=CN1Cc1ccccc1)N(CCCNC(=O)OCC[Si](C)(C)C)C(=O)CSC[C@H](NC(=O)CCOCCOCCOCCOCCNC(=O)CN)C(=O)O. The third-order valence-corrected chi connectivity index (χ3v) is 13.7. The molecular weight excluding hydrogens is 947 g/mol. The third-order valence-electron chi connectivity index (χ3n) is 11.0. The highest BCUT2D eigenvalue weighted by Gasteiger charge is 2.44. The number of nitrogens with zero attached hydrogens (tertiary/aromatic N) is 2. The number of carboxylic acids is 1. The van der Waals surface area contributed by atoms with E-state index in [-0.39, 0.29) is 74.8 Å². The second kappa shape index (κ2) is 31.6. The molecule has 21 heteroatoms. The largest absolute Gasteiger partial charge is 0.480 e. The van der Waals surface area contributed by atoms with Crippen LogP contribution >= 0.6 is 11.8 Å². The van der Waals surface area contributed by atoms with Crippen LogP contribution in [0.1, 0.15) is 51.2 Å². The van der Waals surface area contributed by atoms with E-state index in [1.807, 2.05) is 57.3 Å². The molecule has 1 heterocycles. The van der Waals surface area contributed by atoms with Crippen molar-refractivity contribution in [1.29, 1.82) is 0 Å². The van der Waals surface area contributed by atoms with Gasteiger partial charge >= 0.3 is 12.1 Å². The number of thioether (sulfide) groups is 1. The van der Waals surface area contributed by atoms with Crippen molar-refractivity contribution in [2.75, 3.05) is 97.1 Å². The summed E-state index contributed by atoms with van der Waals surface area (Å²) >= 11 is 1.07. The van der Waals surface area contributed by atoms with Crippen LogP contribution in [0.3, 0.4) is 0 Å². The summed E-state index contributed by atoms with van der Waals surface area (Å²) in [6.07, 6.45) is 1.87. The maximum atomic E-state index is 15.3. The van der Waals surface area contributed by atoms with Crippen LogP contribution in [0.15, 0.2) is 54.7 Å². The number of benzene rings is 2. The molecule has 3 rings (SSSR count). The van der Waals surface area contributed by atoms with E-state index in [0.29, 0.717) is 71.1 Å². The van der Waals surface area contributed by atoms with Gasteiger partial charge in [0.15, 0.2) is 0 Å². The molecule has 6 N–H and O–H groups in total. The van der Waals surface area contributed by atoms with Crippen LogP contribution in [-0.4, -0.2) is 168 Å². The normalized spacial score (nSPS) is 14.7. The number of ether oxygens (including phenoxy) is 5. The lowest BCUT2D eigenvalue weighted by Crippen LogP contribution is -2.58. The molecule has 1 aliphatic rings. The van der Waals surface area contributed by atoms with Gasteiger partial charge in [0.1, 0.15) is 17.7 Å². The van der Waals surface area contributed by atoms with Crippen LogP contribution in [0.5, 0.6) is 0 Å². The van der Waals surface area contributed by atoms with E-state index < -0.39 is 61.2 Å². The maximum absolute atomic E-state index is 15.3. The molecule has 3 atom stereocenters. The minimum Gasteiger partial charge on any atom is -0.480 e. The zero-order chi connectivity index (χ0) is 51.5. The average Bonchev–Trinajstić information content (AvgIpc) is 3.70. The van der Waals surface area contributed by atoms with E-state index in [2.05, 4.69) is 40.5 Å². The Kier molecular flexibility index (Phi) is 27.0. The van der Waals surface area contributed by atoms with Crippen molar-refractivity contribution >= 4 is 55.2 Å². The topological polar surface area (TPSA) is 220 Å². The lowest BCUT2D eigenvalue weighted by atomic mass is 9.79. The van der Waals surface area contributed by atoms with Crippen LogP contribution < -0.4 is 21.7 Å². The summed E-state index contributed by atoms with van der Waals surface area (Å²) in [6.45, 7) is 16.3. The number of carbonyl (C=O) groups excluding carboxylic acids is 4. The summed E-state index contributed by atoms with van der Waals surface area (Å²) in [6, 6.07) is 11.7. The predicted molar refractivity (Wildman–Crippen MR) is 269 cm³/mol. The van der Waals surface area contributed by atoms with Crippen LogP contribution in [0, 0.1) is 17.0 Å². The van der Waals surface area contributed by atoms with Gasteiger partial charge in [-0.1, -0.05) is 70.7 Å². The molecular formula is C49H76F2N6O11SSi. The number of hydrogen-bond donors (Lipinski definition) is 5. The minimum atomic E-state index is -1.42. The Morgan fingerprint density at radius 1 is 0.871 bits per heavy atom. The molecule has 0 aliphatic carbocycles. The number of carbonyl (C=O) groups is 5. The highest BCUT2D eigenvalue weighted by molar-refractivity contribution is 8.00. The number of amides is 4. The minimum absolute atomic E-state index is 0.0335. The summed E-state index contributed by atoms with van der Waals surface area (Å²) < 4.78 is 57.1. The predicted octanol–water partition coefficient (Wildman–Crippen LogP) is 5.11. The molecule has 1 aliphatic heterocycles. The molecule has 0 saturated heterocycles. The molecule has 0 bridgehead atoms. The Morgan fingerprint density at radius 3 is 2.13 bits per heavy atom. The fourth-order valence-electron chi connectivity index (χ4n) is 7.53. The van der Waals surface area contributed by atoms with Gasteiger partial charge in [-0.05, 0) is 53.6 Å². The monoisotopic (exact) mass is 1020 g/mol. The van der Waals surface area contributed by atoms with E-state index in [4.69, 9.17) is 29.4 Å². The Morgan fingerprint density at radius 2 is 1.51 bits per heavy atom. The van der Waals surface area contributed by atoms with Crippen LogP contribution in [0.2, 0.25) is 25.7 Å². The summed E-state index contributed by atoms with van der Waals surface area (Å²) in [5.41, 5.74) is 6.35. The third kappa shape index (κ3) is 23.5. The Bertz CT molecular complexity index is 1960. The number of aliphatic carboxylic acids is 1. The standard InChI is InChI=1S/C49H76F2N6O11SSi/c1-49(2,3)46(42-29-37(39-30-38(50)13-14-40(39)51)33-56(42)32-36-11-8-7-9-12-36)57(18-10-16-54-48(63)68-27-28-70(4,5)6)45(60)35-69-34-41(47(61)62)55-43(58)15-19-64-21-23-66-25-26-67-24-22-65-20-17-53-44(59)31-52/h7-9,11-14,30,33,41-42,46H,10,15-29,31-32,34-35,52H2,1-6H3,(H,53,59)(H,54,63)(H,55,58)(H,61,62)/t41-,42?,46-/m0/s1. The first kappa shape index (κ1) is 59.7. The van der Waals surface area contributed by atoms with E-state index in [1.54, 1.807) is 4.90 Å². The number of halogens is 2. The van der Waals surface area contributed by atoms with Gasteiger partial charge in [0, 0.05) is 58.2 Å². The first-order valence-electron chi connectivity index (χ1n) is 23.8. The zero-order valence-corrected chi connectivity index (χ0v) is 43.6. The highest BCUT2D eigenvalue weighted by atomic mass is 32.2. The number of carboxylic acid groups (broad SMARTS) is 1. The van der Waals surface area contributed by atoms with Crippen molar-refractivity contribution in [2.45, 2.75) is 90.4 Å². The summed E-state index contributed by atoms with van der Waals surface area (Å²) in [7, 11) is -1.42. The van der Waals surface area contributed by atoms with Gasteiger partial charge in [-0.3, -0.25) is 14.4 Å². The van der Waals surface area contributed by atoms with Crippen molar-refractivity contribution in [3.05, 3.63) is 77.5 Å². The van der Waals surface area contributed by atoms with E-state index in [1.165, 1.54) is 6.07 Å². The van der Waals surface area contributed by atoms with Gasteiger partial charge in [0.2, 0.25) is 17.7 Å². The first-order valence-corrected chi connectivity index (χ1v) is 28.7. The van der Waals surface area contributed by atoms with Gasteiger partial charge in [0.25, 0.3) is 0 Å². The lowest BCUT2D eigenvalue weighted by Gasteiger charge is -2.47. The second-order valence-corrected chi connectivity index (χ2v) is 25.7. The van der Waals surface area contributed by atoms with Gasteiger partial charge in [-0.2, -0.15) is 0 Å². The van der Waals surface area contributed by atoms with Gasteiger partial charge in [0.05, 0.1) is 83.8 Å². The summed E-state index contributed by atoms with van der Waals surface area (Å²) in [5.74, 6) is -3.69. The van der Waals surface area contributed by atoms with Crippen molar-refractivity contribution in [1.82, 2.24) is 25.8 Å². The number of alkyl carbamates (subject to hydrolysis) is 1. The molecule has 70 heavy (non-hydrogen) atoms. The molecule has 392 valence electrons. The fraction of sp³-hybridized carbons (Fsp3) is 0.612. The van der Waals surface area contributed by atoms with Gasteiger partial charge in [-0.25, -0.2) is 18.4 Å². The van der Waals surface area contributed by atoms with E-state index in [9.17, 15) is 33.5 Å². The molecule has 17 nitrogen and oxygen atoms in total. The average molecular weight is 1020 g/mol. The molecule has 4 amide bonds. The molecule has 0 saturated carbocycles. The molecule has 0 radical (unpaired) electrons. The van der Waals surface area contributed by atoms with Crippen molar-refractivity contribution in [3.63, 3.8) is 0 Å². The summed E-state index contributed by atoms with van der Waals surface area (Å²) in [5, 5.41) is 18.0. The molecule has 2 aromatic carbocycles. The lowest BCUT2D eigenvalue weighted by molar-refractivity contribution is -0.141. The molecule has 2 aromatic rings. The van der Waals surface area contributed by atoms with Gasteiger partial charge < -0.3 is 60.3 Å². The number of nitrogens with two attached hydrogens (primary N) is 1. The number of rotatable bonds is 34. The van der Waals surface area contributed by atoms with Crippen molar-refractivity contribution in [3.8, 4) is 0 Å². The van der Waals surface area contributed by atoms with E-state index >= 15 is 4.39 Å². The molecule has 1 unspecified atom stereocenters.